The summed E-state index contributed by atoms with van der Waals surface area (Å²) in [6, 6.07) is 1.74. The van der Waals surface area contributed by atoms with Crippen molar-refractivity contribution in [2.75, 3.05) is 24.5 Å². The Balaban J connectivity index is 2.17. The minimum absolute atomic E-state index is 0.511. The number of rotatable bonds is 2. The maximum atomic E-state index is 6.17. The molecule has 0 radical (unpaired) electrons. The Hall–Kier alpha value is -0.510. The van der Waals surface area contributed by atoms with Gasteiger partial charge in [0.1, 0.15) is 5.82 Å². The smallest absolute Gasteiger partial charge is 0.147 e. The van der Waals surface area contributed by atoms with E-state index in [-0.39, 0.29) is 0 Å². The Morgan fingerprint density at radius 2 is 2.29 bits per heavy atom. The molecule has 3 nitrogen and oxygen atoms in total. The number of hydrogen-bond acceptors (Lipinski definition) is 3. The van der Waals surface area contributed by atoms with E-state index in [2.05, 4.69) is 16.8 Å². The Bertz CT molecular complexity index is 397. The van der Waals surface area contributed by atoms with Crippen molar-refractivity contribution in [3.63, 3.8) is 0 Å². The number of piperidine rings is 1. The second-order valence-corrected chi connectivity index (χ2v) is 5.51. The number of nitrogens with two attached hydrogens (primary N) is 1. The van der Waals surface area contributed by atoms with Gasteiger partial charge in [0, 0.05) is 19.3 Å². The highest BCUT2D eigenvalue weighted by atomic mass is 35.5. The Morgan fingerprint density at radius 1 is 1.53 bits per heavy atom. The van der Waals surface area contributed by atoms with Gasteiger partial charge in [0.15, 0.2) is 0 Å². The number of anilines is 1. The molecule has 1 fully saturated rings. The minimum atomic E-state index is 0.511. The first kappa shape index (κ1) is 12.9. The van der Waals surface area contributed by atoms with Crippen LogP contribution < -0.4 is 10.6 Å². The molecule has 1 aromatic rings. The summed E-state index contributed by atoms with van der Waals surface area (Å²) in [4.78, 5) is 6.52. The van der Waals surface area contributed by atoms with Gasteiger partial charge in [0.05, 0.1) is 10.0 Å². The molecule has 0 amide bonds. The van der Waals surface area contributed by atoms with E-state index in [9.17, 15) is 0 Å². The van der Waals surface area contributed by atoms with Crippen molar-refractivity contribution < 1.29 is 0 Å². The Kier molecular flexibility index (Phi) is 4.13. The van der Waals surface area contributed by atoms with E-state index < -0.39 is 0 Å². The van der Waals surface area contributed by atoms with Crippen LogP contribution in [-0.2, 0) is 0 Å². The van der Waals surface area contributed by atoms with E-state index in [0.717, 1.165) is 25.3 Å². The van der Waals surface area contributed by atoms with Gasteiger partial charge < -0.3 is 10.6 Å². The van der Waals surface area contributed by atoms with Gasteiger partial charge in [-0.3, -0.25) is 0 Å². The topological polar surface area (TPSA) is 42.2 Å². The molecule has 0 saturated carbocycles. The van der Waals surface area contributed by atoms with Crippen LogP contribution in [0.3, 0.4) is 0 Å². The van der Waals surface area contributed by atoms with E-state index in [0.29, 0.717) is 28.4 Å². The minimum Gasteiger partial charge on any atom is -0.355 e. The number of halogens is 2. The molecule has 1 aromatic heterocycles. The van der Waals surface area contributed by atoms with Crippen LogP contribution in [0.5, 0.6) is 0 Å². The fraction of sp³-hybridized carbons (Fsp3) is 0.583. The second-order valence-electron chi connectivity index (χ2n) is 4.67. The summed E-state index contributed by atoms with van der Waals surface area (Å²) >= 11 is 12.0. The van der Waals surface area contributed by atoms with Gasteiger partial charge in [-0.1, -0.05) is 30.1 Å². The molecule has 2 rings (SSSR count). The molecule has 94 valence electrons. The third-order valence-electron chi connectivity index (χ3n) is 3.50. The molecule has 1 saturated heterocycles. The molecule has 0 spiro atoms. The van der Waals surface area contributed by atoms with Crippen LogP contribution >= 0.6 is 23.2 Å². The van der Waals surface area contributed by atoms with Crippen LogP contribution in [0.2, 0.25) is 10.0 Å². The van der Waals surface area contributed by atoms with Crippen LogP contribution in [0, 0.1) is 11.8 Å². The zero-order valence-corrected chi connectivity index (χ0v) is 11.4. The molecule has 2 N–H and O–H groups in total. The van der Waals surface area contributed by atoms with Gasteiger partial charge in [-0.05, 0) is 30.9 Å². The van der Waals surface area contributed by atoms with Gasteiger partial charge >= 0.3 is 0 Å². The van der Waals surface area contributed by atoms with Crippen molar-refractivity contribution in [1.82, 2.24) is 4.98 Å². The van der Waals surface area contributed by atoms with Crippen LogP contribution in [0.15, 0.2) is 12.3 Å². The summed E-state index contributed by atoms with van der Waals surface area (Å²) < 4.78 is 0. The van der Waals surface area contributed by atoms with E-state index in [1.165, 1.54) is 0 Å². The number of aromatic nitrogens is 1. The third-order valence-corrected chi connectivity index (χ3v) is 3.99. The average Bonchev–Trinajstić information content (AvgIpc) is 2.30. The van der Waals surface area contributed by atoms with Crippen LogP contribution in [0.25, 0.3) is 0 Å². The van der Waals surface area contributed by atoms with Gasteiger partial charge in [-0.25, -0.2) is 4.98 Å². The fourth-order valence-electron chi connectivity index (χ4n) is 2.29. The molecule has 5 heteroatoms. The SMILES string of the molecule is CC1CCN(c2ncc(Cl)cc2Cl)CC1CN. The largest absolute Gasteiger partial charge is 0.355 e. The van der Waals surface area contributed by atoms with Crippen molar-refractivity contribution in [1.29, 1.82) is 0 Å². The van der Waals surface area contributed by atoms with Crippen LogP contribution in [0.4, 0.5) is 5.82 Å². The van der Waals surface area contributed by atoms with E-state index in [4.69, 9.17) is 28.9 Å². The molecule has 1 aliphatic rings. The number of pyridine rings is 1. The molecule has 2 unspecified atom stereocenters. The Morgan fingerprint density at radius 3 is 2.94 bits per heavy atom. The molecule has 2 atom stereocenters. The molecular formula is C12H17Cl2N3. The normalized spacial score (nSPS) is 25.1. The maximum Gasteiger partial charge on any atom is 0.147 e. The number of hydrogen-bond donors (Lipinski definition) is 1. The molecule has 2 heterocycles. The second kappa shape index (κ2) is 5.42. The van der Waals surface area contributed by atoms with Gasteiger partial charge in [-0.15, -0.1) is 0 Å². The predicted octanol–water partition coefficient (Wildman–Crippen LogP) is 2.81. The maximum absolute atomic E-state index is 6.17. The summed E-state index contributed by atoms with van der Waals surface area (Å²) in [5, 5.41) is 1.18. The van der Waals surface area contributed by atoms with E-state index in [1.54, 1.807) is 12.3 Å². The average molecular weight is 274 g/mol. The monoisotopic (exact) mass is 273 g/mol. The van der Waals surface area contributed by atoms with E-state index >= 15 is 0 Å². The first-order valence-corrected chi connectivity index (χ1v) is 6.63. The summed E-state index contributed by atoms with van der Waals surface area (Å²) in [6.45, 7) is 4.87. The highest BCUT2D eigenvalue weighted by Gasteiger charge is 2.26. The lowest BCUT2D eigenvalue weighted by molar-refractivity contribution is 0.307. The zero-order chi connectivity index (χ0) is 12.4. The van der Waals surface area contributed by atoms with Crippen molar-refractivity contribution in [2.45, 2.75) is 13.3 Å². The summed E-state index contributed by atoms with van der Waals surface area (Å²) in [5.41, 5.74) is 5.79. The molecule has 17 heavy (non-hydrogen) atoms. The lowest BCUT2D eigenvalue weighted by atomic mass is 9.87. The van der Waals surface area contributed by atoms with E-state index in [1.807, 2.05) is 0 Å². The quantitative estimate of drug-likeness (QED) is 0.901. The van der Waals surface area contributed by atoms with Crippen molar-refractivity contribution in [2.24, 2.45) is 17.6 Å². The van der Waals surface area contributed by atoms with Crippen molar-refractivity contribution in [3.05, 3.63) is 22.3 Å². The summed E-state index contributed by atoms with van der Waals surface area (Å²) in [7, 11) is 0. The number of nitrogens with zero attached hydrogens (tertiary/aromatic N) is 2. The Labute approximate surface area is 112 Å². The molecule has 0 aromatic carbocycles. The first-order chi connectivity index (χ1) is 8.11. The van der Waals surface area contributed by atoms with Crippen molar-refractivity contribution in [3.8, 4) is 0 Å². The first-order valence-electron chi connectivity index (χ1n) is 5.88. The van der Waals surface area contributed by atoms with Gasteiger partial charge in [-0.2, -0.15) is 0 Å². The fourth-order valence-corrected chi connectivity index (χ4v) is 2.79. The zero-order valence-electron chi connectivity index (χ0n) is 9.87. The summed E-state index contributed by atoms with van der Waals surface area (Å²) in [6.07, 6.45) is 2.76. The molecule has 0 aliphatic carbocycles. The molecular weight excluding hydrogens is 257 g/mol. The third kappa shape index (κ3) is 2.84. The lowest BCUT2D eigenvalue weighted by Crippen LogP contribution is -2.43. The predicted molar refractivity (Wildman–Crippen MR) is 72.8 cm³/mol. The van der Waals surface area contributed by atoms with Crippen molar-refractivity contribution >= 4 is 29.0 Å². The highest BCUT2D eigenvalue weighted by Crippen LogP contribution is 2.31. The summed E-state index contributed by atoms with van der Waals surface area (Å²) in [5.74, 6) is 2.00. The van der Waals surface area contributed by atoms with Crippen LogP contribution in [-0.4, -0.2) is 24.6 Å². The van der Waals surface area contributed by atoms with Crippen LogP contribution in [0.1, 0.15) is 13.3 Å². The lowest BCUT2D eigenvalue weighted by Gasteiger charge is -2.37. The van der Waals surface area contributed by atoms with Gasteiger partial charge in [0.25, 0.3) is 0 Å². The molecule has 0 bridgehead atoms. The highest BCUT2D eigenvalue weighted by molar-refractivity contribution is 6.36. The standard InChI is InChI=1S/C12H17Cl2N3/c1-8-2-3-17(7-9(8)5-15)12-11(14)4-10(13)6-16-12/h4,6,8-9H,2-3,5,7,15H2,1H3. The van der Waals surface area contributed by atoms with Gasteiger partial charge in [0.2, 0.25) is 0 Å². The molecule has 1 aliphatic heterocycles.